The van der Waals surface area contributed by atoms with Crippen LogP contribution >= 0.6 is 0 Å². The number of aromatic nitrogens is 2. The van der Waals surface area contributed by atoms with Gasteiger partial charge in [0.25, 0.3) is 5.91 Å². The van der Waals surface area contributed by atoms with Crippen molar-refractivity contribution >= 4 is 11.9 Å². The van der Waals surface area contributed by atoms with E-state index in [-0.39, 0.29) is 6.42 Å². The van der Waals surface area contributed by atoms with Crippen molar-refractivity contribution in [3.05, 3.63) is 41.7 Å². The molecule has 8 nitrogen and oxygen atoms in total. The molecule has 0 aliphatic heterocycles. The van der Waals surface area contributed by atoms with E-state index in [9.17, 15) is 14.7 Å². The first-order chi connectivity index (χ1) is 12.0. The molecule has 2 rings (SSSR count). The van der Waals surface area contributed by atoms with Gasteiger partial charge in [0.2, 0.25) is 0 Å². The number of methoxy groups -OCH3 is 2. The molecule has 0 aliphatic rings. The third kappa shape index (κ3) is 4.50. The van der Waals surface area contributed by atoms with Crippen LogP contribution < -0.4 is 14.8 Å². The van der Waals surface area contributed by atoms with E-state index >= 15 is 0 Å². The summed E-state index contributed by atoms with van der Waals surface area (Å²) in [7, 11) is 3.00. The number of hydrogen-bond acceptors (Lipinski definition) is 5. The van der Waals surface area contributed by atoms with Crippen LogP contribution in [-0.2, 0) is 11.3 Å². The summed E-state index contributed by atoms with van der Waals surface area (Å²) < 4.78 is 12.1. The standard InChI is InChI=1S/C17H21N3O5/c1-4-20-10-11(9-18-20)17(23)19-14(8-16(21)22)13-6-5-12(24-2)7-15(13)25-3/h5-7,9-10,14H,4,8H2,1-3H3,(H,19,23)(H,21,22). The summed E-state index contributed by atoms with van der Waals surface area (Å²) in [5, 5.41) is 16.0. The molecule has 2 N–H and O–H groups in total. The average Bonchev–Trinajstić information content (AvgIpc) is 3.09. The summed E-state index contributed by atoms with van der Waals surface area (Å²) in [4.78, 5) is 23.7. The summed E-state index contributed by atoms with van der Waals surface area (Å²) in [5.74, 6) is -0.420. The van der Waals surface area contributed by atoms with Crippen LogP contribution in [0.1, 0.15) is 35.3 Å². The summed E-state index contributed by atoms with van der Waals surface area (Å²) in [5.41, 5.74) is 0.923. The second kappa shape index (κ2) is 8.18. The van der Waals surface area contributed by atoms with Gasteiger partial charge in [-0.3, -0.25) is 14.3 Å². The molecule has 0 radical (unpaired) electrons. The van der Waals surface area contributed by atoms with Crippen LogP contribution in [0.25, 0.3) is 0 Å². The molecule has 1 unspecified atom stereocenters. The zero-order valence-corrected chi connectivity index (χ0v) is 14.4. The lowest BCUT2D eigenvalue weighted by molar-refractivity contribution is -0.137. The minimum absolute atomic E-state index is 0.281. The van der Waals surface area contributed by atoms with Gasteiger partial charge in [-0.1, -0.05) is 0 Å². The minimum Gasteiger partial charge on any atom is -0.497 e. The fraction of sp³-hybridized carbons (Fsp3) is 0.353. The van der Waals surface area contributed by atoms with E-state index < -0.39 is 17.9 Å². The Morgan fingerprint density at radius 1 is 1.32 bits per heavy atom. The quantitative estimate of drug-likeness (QED) is 0.756. The van der Waals surface area contributed by atoms with Crippen molar-refractivity contribution in [1.29, 1.82) is 0 Å². The number of nitrogens with one attached hydrogen (secondary N) is 1. The Balaban J connectivity index is 2.29. The number of aliphatic carboxylic acids is 1. The van der Waals surface area contributed by atoms with Gasteiger partial charge >= 0.3 is 5.97 Å². The van der Waals surface area contributed by atoms with Crippen LogP contribution in [0, 0.1) is 0 Å². The predicted molar refractivity (Wildman–Crippen MR) is 89.9 cm³/mol. The van der Waals surface area contributed by atoms with Crippen molar-refractivity contribution < 1.29 is 24.2 Å². The minimum atomic E-state index is -1.03. The van der Waals surface area contributed by atoms with Gasteiger partial charge in [-0.15, -0.1) is 0 Å². The van der Waals surface area contributed by atoms with Crippen molar-refractivity contribution in [3.8, 4) is 11.5 Å². The van der Waals surface area contributed by atoms with Crippen molar-refractivity contribution in [2.45, 2.75) is 25.9 Å². The van der Waals surface area contributed by atoms with Gasteiger partial charge in [0.1, 0.15) is 11.5 Å². The van der Waals surface area contributed by atoms with Gasteiger partial charge in [-0.05, 0) is 19.1 Å². The number of hydrogen-bond donors (Lipinski definition) is 2. The smallest absolute Gasteiger partial charge is 0.305 e. The number of carbonyl (C=O) groups excluding carboxylic acids is 1. The van der Waals surface area contributed by atoms with Crippen molar-refractivity contribution in [1.82, 2.24) is 15.1 Å². The molecule has 0 aliphatic carbocycles. The molecule has 0 spiro atoms. The second-order valence-electron chi connectivity index (χ2n) is 5.32. The van der Waals surface area contributed by atoms with Gasteiger partial charge in [-0.25, -0.2) is 0 Å². The number of carboxylic acid groups (broad SMARTS) is 1. The number of amides is 1. The first-order valence-corrected chi connectivity index (χ1v) is 7.75. The Bertz CT molecular complexity index is 756. The fourth-order valence-corrected chi connectivity index (χ4v) is 2.42. The summed E-state index contributed by atoms with van der Waals surface area (Å²) in [6, 6.07) is 4.26. The first kappa shape index (κ1) is 18.3. The molecule has 0 saturated carbocycles. The highest BCUT2D eigenvalue weighted by Crippen LogP contribution is 2.31. The van der Waals surface area contributed by atoms with Crippen LogP contribution in [0.3, 0.4) is 0 Å². The summed E-state index contributed by atoms with van der Waals surface area (Å²) in [6.45, 7) is 2.54. The van der Waals surface area contributed by atoms with E-state index in [2.05, 4.69) is 10.4 Å². The Kier molecular flexibility index (Phi) is 5.99. The lowest BCUT2D eigenvalue weighted by Crippen LogP contribution is -2.30. The van der Waals surface area contributed by atoms with Gasteiger partial charge in [0.05, 0.1) is 38.4 Å². The number of carbonyl (C=O) groups is 2. The Morgan fingerprint density at radius 3 is 2.64 bits per heavy atom. The number of nitrogens with zero attached hydrogens (tertiary/aromatic N) is 2. The maximum Gasteiger partial charge on any atom is 0.305 e. The lowest BCUT2D eigenvalue weighted by Gasteiger charge is -2.20. The van der Waals surface area contributed by atoms with Crippen LogP contribution in [0.5, 0.6) is 11.5 Å². The number of benzene rings is 1. The highest BCUT2D eigenvalue weighted by Gasteiger charge is 2.23. The molecule has 1 aromatic carbocycles. The lowest BCUT2D eigenvalue weighted by atomic mass is 10.0. The van der Waals surface area contributed by atoms with Gasteiger partial charge in [0.15, 0.2) is 0 Å². The van der Waals surface area contributed by atoms with Gasteiger partial charge < -0.3 is 19.9 Å². The molecule has 1 amide bonds. The molecule has 0 fully saturated rings. The van der Waals surface area contributed by atoms with E-state index in [1.165, 1.54) is 20.4 Å². The van der Waals surface area contributed by atoms with Crippen molar-refractivity contribution in [2.75, 3.05) is 14.2 Å². The van der Waals surface area contributed by atoms with Crippen LogP contribution in [0.4, 0.5) is 0 Å². The molecular weight excluding hydrogens is 326 g/mol. The number of carboxylic acids is 1. The van der Waals surface area contributed by atoms with E-state index in [0.717, 1.165) is 0 Å². The maximum absolute atomic E-state index is 12.4. The van der Waals surface area contributed by atoms with E-state index in [4.69, 9.17) is 9.47 Å². The van der Waals surface area contributed by atoms with Crippen LogP contribution in [0.15, 0.2) is 30.6 Å². The fourth-order valence-electron chi connectivity index (χ4n) is 2.42. The van der Waals surface area contributed by atoms with E-state index in [0.29, 0.717) is 29.2 Å². The Morgan fingerprint density at radius 2 is 2.08 bits per heavy atom. The molecule has 8 heteroatoms. The highest BCUT2D eigenvalue weighted by molar-refractivity contribution is 5.94. The molecule has 2 aromatic rings. The average molecular weight is 347 g/mol. The zero-order valence-electron chi connectivity index (χ0n) is 14.4. The van der Waals surface area contributed by atoms with Crippen LogP contribution in [-0.4, -0.2) is 41.0 Å². The maximum atomic E-state index is 12.4. The zero-order chi connectivity index (χ0) is 18.4. The Hall–Kier alpha value is -3.03. The largest absolute Gasteiger partial charge is 0.497 e. The summed E-state index contributed by atoms with van der Waals surface area (Å²) >= 11 is 0. The molecule has 134 valence electrons. The normalized spacial score (nSPS) is 11.6. The predicted octanol–water partition coefficient (Wildman–Crippen LogP) is 1.87. The molecule has 0 saturated heterocycles. The third-order valence-electron chi connectivity index (χ3n) is 3.72. The van der Waals surface area contributed by atoms with Crippen molar-refractivity contribution in [2.24, 2.45) is 0 Å². The van der Waals surface area contributed by atoms with Crippen LogP contribution in [0.2, 0.25) is 0 Å². The van der Waals surface area contributed by atoms with Gasteiger partial charge in [-0.2, -0.15) is 5.10 Å². The molecule has 25 heavy (non-hydrogen) atoms. The third-order valence-corrected chi connectivity index (χ3v) is 3.72. The Labute approximate surface area is 145 Å². The molecule has 1 heterocycles. The van der Waals surface area contributed by atoms with Crippen molar-refractivity contribution in [3.63, 3.8) is 0 Å². The number of rotatable bonds is 8. The van der Waals surface area contributed by atoms with Gasteiger partial charge in [0, 0.05) is 24.4 Å². The molecule has 0 bridgehead atoms. The van der Waals surface area contributed by atoms with E-state index in [1.54, 1.807) is 29.1 Å². The first-order valence-electron chi connectivity index (χ1n) is 7.75. The monoisotopic (exact) mass is 347 g/mol. The number of ether oxygens (including phenoxy) is 2. The highest BCUT2D eigenvalue weighted by atomic mass is 16.5. The molecular formula is C17H21N3O5. The topological polar surface area (TPSA) is 103 Å². The SMILES string of the molecule is CCn1cc(C(=O)NC(CC(=O)O)c2ccc(OC)cc2OC)cn1. The number of aryl methyl sites for hydroxylation is 1. The van der Waals surface area contributed by atoms with E-state index in [1.807, 2.05) is 6.92 Å². The molecule has 1 aromatic heterocycles. The summed E-state index contributed by atoms with van der Waals surface area (Å²) in [6.07, 6.45) is 2.77. The second-order valence-corrected chi connectivity index (χ2v) is 5.32. The molecule has 1 atom stereocenters.